The van der Waals surface area contributed by atoms with Crippen LogP contribution in [-0.2, 0) is 16.0 Å². The Labute approximate surface area is 91.3 Å². The molecule has 0 bridgehead atoms. The number of aryl methyl sites for hydroxylation is 1. The van der Waals surface area contributed by atoms with Crippen LogP contribution in [0.5, 0.6) is 0 Å². The van der Waals surface area contributed by atoms with E-state index in [2.05, 4.69) is 6.07 Å². The van der Waals surface area contributed by atoms with Crippen LogP contribution in [0.25, 0.3) is 0 Å². The van der Waals surface area contributed by atoms with Gasteiger partial charge in [0.05, 0.1) is 0 Å². The normalized spacial score (nSPS) is 18.1. The lowest BCUT2D eigenvalue weighted by atomic mass is 9.89. The fraction of sp³-hybridized carbons (Fsp3) is 0.462. The Morgan fingerprint density at radius 1 is 1.33 bits per heavy atom. The molecule has 0 heterocycles. The fourth-order valence-electron chi connectivity index (χ4n) is 1.92. The molecule has 2 heteroatoms. The van der Waals surface area contributed by atoms with Crippen molar-refractivity contribution in [3.8, 4) is 0 Å². The van der Waals surface area contributed by atoms with Crippen LogP contribution in [0.3, 0.4) is 0 Å². The second kappa shape index (κ2) is 6.23. The number of hydrogen-bond acceptors (Lipinski definition) is 2. The van der Waals surface area contributed by atoms with Gasteiger partial charge in [-0.2, -0.15) is 0 Å². The summed E-state index contributed by atoms with van der Waals surface area (Å²) in [5.74, 6) is 0. The SMILES string of the molecule is CC.O=COC1CCCc2ccccc21. The topological polar surface area (TPSA) is 26.3 Å². The zero-order chi connectivity index (χ0) is 11.1. The van der Waals surface area contributed by atoms with Crippen LogP contribution in [0, 0.1) is 0 Å². The Kier molecular flexibility index (Phi) is 4.88. The van der Waals surface area contributed by atoms with Gasteiger partial charge < -0.3 is 4.74 Å². The number of rotatable bonds is 2. The van der Waals surface area contributed by atoms with Crippen molar-refractivity contribution in [1.82, 2.24) is 0 Å². The minimum atomic E-state index is -0.0116. The molecule has 0 spiro atoms. The highest BCUT2D eigenvalue weighted by Gasteiger charge is 2.19. The lowest BCUT2D eigenvalue weighted by Crippen LogP contribution is -2.11. The van der Waals surface area contributed by atoms with Crippen molar-refractivity contribution in [3.63, 3.8) is 0 Å². The van der Waals surface area contributed by atoms with Crippen molar-refractivity contribution in [2.45, 2.75) is 39.2 Å². The molecule has 2 rings (SSSR count). The van der Waals surface area contributed by atoms with Crippen molar-refractivity contribution in [3.05, 3.63) is 35.4 Å². The summed E-state index contributed by atoms with van der Waals surface area (Å²) in [6.45, 7) is 4.55. The molecule has 82 valence electrons. The standard InChI is InChI=1S/C11H12O2.C2H6/c12-8-13-11-7-3-5-9-4-1-2-6-10(9)11;1-2/h1-2,4,6,8,11H,3,5,7H2;1-2H3. The molecule has 1 aromatic carbocycles. The van der Waals surface area contributed by atoms with Crippen molar-refractivity contribution < 1.29 is 9.53 Å². The molecule has 1 aliphatic carbocycles. The predicted octanol–water partition coefficient (Wildman–Crippen LogP) is 3.26. The van der Waals surface area contributed by atoms with Gasteiger partial charge in [0.25, 0.3) is 6.47 Å². The third kappa shape index (κ3) is 2.82. The average molecular weight is 206 g/mol. The second-order valence-electron chi connectivity index (χ2n) is 3.31. The molecule has 15 heavy (non-hydrogen) atoms. The first kappa shape index (κ1) is 11.8. The Morgan fingerprint density at radius 2 is 2.07 bits per heavy atom. The Balaban J connectivity index is 0.000000531. The highest BCUT2D eigenvalue weighted by molar-refractivity contribution is 5.40. The van der Waals surface area contributed by atoms with Crippen molar-refractivity contribution in [1.29, 1.82) is 0 Å². The second-order valence-corrected chi connectivity index (χ2v) is 3.31. The summed E-state index contributed by atoms with van der Waals surface area (Å²) >= 11 is 0. The molecule has 0 aromatic heterocycles. The molecule has 0 fully saturated rings. The van der Waals surface area contributed by atoms with Crippen LogP contribution in [0.4, 0.5) is 0 Å². The summed E-state index contributed by atoms with van der Waals surface area (Å²) in [5.41, 5.74) is 2.50. The van der Waals surface area contributed by atoms with E-state index in [1.165, 1.54) is 11.1 Å². The van der Waals surface area contributed by atoms with Gasteiger partial charge >= 0.3 is 0 Å². The average Bonchev–Trinajstić information content (AvgIpc) is 2.33. The van der Waals surface area contributed by atoms with E-state index < -0.39 is 0 Å². The first-order chi connectivity index (χ1) is 7.42. The van der Waals surface area contributed by atoms with E-state index in [0.717, 1.165) is 19.3 Å². The Hall–Kier alpha value is -1.31. The number of ether oxygens (including phenoxy) is 1. The highest BCUT2D eigenvalue weighted by atomic mass is 16.5. The van der Waals surface area contributed by atoms with Gasteiger partial charge in [0, 0.05) is 0 Å². The first-order valence-corrected chi connectivity index (χ1v) is 5.58. The molecule has 1 unspecified atom stereocenters. The van der Waals surface area contributed by atoms with Gasteiger partial charge in [0.15, 0.2) is 0 Å². The minimum Gasteiger partial charge on any atom is -0.460 e. The van der Waals surface area contributed by atoms with Crippen molar-refractivity contribution >= 4 is 6.47 Å². The molecule has 1 aromatic rings. The zero-order valence-corrected chi connectivity index (χ0v) is 9.40. The number of carbonyl (C=O) groups excluding carboxylic acids is 1. The number of fused-ring (bicyclic) bond motifs is 1. The van der Waals surface area contributed by atoms with Gasteiger partial charge in [-0.05, 0) is 30.4 Å². The van der Waals surface area contributed by atoms with Crippen LogP contribution < -0.4 is 0 Å². The Bertz CT molecular complexity index is 307. The molecular weight excluding hydrogens is 188 g/mol. The predicted molar refractivity (Wildman–Crippen MR) is 60.6 cm³/mol. The number of hydrogen-bond donors (Lipinski definition) is 0. The molecule has 0 saturated heterocycles. The number of carbonyl (C=O) groups is 1. The summed E-state index contributed by atoms with van der Waals surface area (Å²) in [6, 6.07) is 8.17. The van der Waals surface area contributed by atoms with Crippen LogP contribution in [0.15, 0.2) is 24.3 Å². The third-order valence-electron chi connectivity index (χ3n) is 2.53. The summed E-state index contributed by atoms with van der Waals surface area (Å²) < 4.78 is 5.03. The van der Waals surface area contributed by atoms with E-state index in [4.69, 9.17) is 4.74 Å². The van der Waals surface area contributed by atoms with Gasteiger partial charge in [-0.1, -0.05) is 38.1 Å². The highest BCUT2D eigenvalue weighted by Crippen LogP contribution is 2.31. The molecule has 0 radical (unpaired) electrons. The monoisotopic (exact) mass is 206 g/mol. The maximum absolute atomic E-state index is 10.3. The van der Waals surface area contributed by atoms with E-state index >= 15 is 0 Å². The molecule has 0 amide bonds. The maximum atomic E-state index is 10.3. The third-order valence-corrected chi connectivity index (χ3v) is 2.53. The summed E-state index contributed by atoms with van der Waals surface area (Å²) in [5, 5.41) is 0. The van der Waals surface area contributed by atoms with Gasteiger partial charge in [0.2, 0.25) is 0 Å². The lowest BCUT2D eigenvalue weighted by molar-refractivity contribution is -0.134. The fourth-order valence-corrected chi connectivity index (χ4v) is 1.92. The summed E-state index contributed by atoms with van der Waals surface area (Å²) in [7, 11) is 0. The minimum absolute atomic E-state index is 0.0116. The largest absolute Gasteiger partial charge is 0.460 e. The Morgan fingerprint density at radius 3 is 2.80 bits per heavy atom. The molecule has 0 saturated carbocycles. The van der Waals surface area contributed by atoms with E-state index in [1.54, 1.807) is 0 Å². The van der Waals surface area contributed by atoms with Crippen LogP contribution in [-0.4, -0.2) is 6.47 Å². The molecule has 2 nitrogen and oxygen atoms in total. The van der Waals surface area contributed by atoms with Crippen molar-refractivity contribution in [2.24, 2.45) is 0 Å². The zero-order valence-electron chi connectivity index (χ0n) is 9.40. The smallest absolute Gasteiger partial charge is 0.293 e. The van der Waals surface area contributed by atoms with Crippen LogP contribution >= 0.6 is 0 Å². The first-order valence-electron chi connectivity index (χ1n) is 5.58. The van der Waals surface area contributed by atoms with E-state index in [1.807, 2.05) is 32.0 Å². The molecule has 1 aliphatic rings. The van der Waals surface area contributed by atoms with E-state index in [0.29, 0.717) is 6.47 Å². The van der Waals surface area contributed by atoms with Gasteiger partial charge in [-0.3, -0.25) is 4.79 Å². The molecular formula is C13H18O2. The van der Waals surface area contributed by atoms with E-state index in [-0.39, 0.29) is 6.10 Å². The molecule has 0 N–H and O–H groups in total. The maximum Gasteiger partial charge on any atom is 0.293 e. The number of benzene rings is 1. The van der Waals surface area contributed by atoms with Gasteiger partial charge in [-0.15, -0.1) is 0 Å². The van der Waals surface area contributed by atoms with Crippen LogP contribution in [0.2, 0.25) is 0 Å². The van der Waals surface area contributed by atoms with Gasteiger partial charge in [-0.25, -0.2) is 0 Å². The van der Waals surface area contributed by atoms with Crippen LogP contribution in [0.1, 0.15) is 43.9 Å². The quantitative estimate of drug-likeness (QED) is 0.694. The summed E-state index contributed by atoms with van der Waals surface area (Å²) in [4.78, 5) is 10.3. The van der Waals surface area contributed by atoms with Crippen molar-refractivity contribution in [2.75, 3.05) is 0 Å². The lowest BCUT2D eigenvalue weighted by Gasteiger charge is -2.23. The molecule has 0 aliphatic heterocycles. The summed E-state index contributed by atoms with van der Waals surface area (Å²) in [6.07, 6.45) is 3.16. The molecule has 1 atom stereocenters. The van der Waals surface area contributed by atoms with Gasteiger partial charge in [0.1, 0.15) is 6.10 Å². The van der Waals surface area contributed by atoms with E-state index in [9.17, 15) is 4.79 Å².